The quantitative estimate of drug-likeness (QED) is 0.520. The predicted octanol–water partition coefficient (Wildman–Crippen LogP) is 5.59. The molecule has 0 saturated carbocycles. The molecule has 0 radical (unpaired) electrons. The Labute approximate surface area is 183 Å². The van der Waals surface area contributed by atoms with Crippen LogP contribution in [-0.4, -0.2) is 13.0 Å². The maximum Gasteiger partial charge on any atom is 0.256 e. The van der Waals surface area contributed by atoms with Crippen LogP contribution < -0.4 is 20.1 Å². The Morgan fingerprint density at radius 2 is 1.84 bits per heavy atom. The third-order valence-corrected chi connectivity index (χ3v) is 6.40. The molecule has 8 heteroatoms. The van der Waals surface area contributed by atoms with Crippen molar-refractivity contribution in [2.45, 2.75) is 32.5 Å². The molecule has 2 heterocycles. The van der Waals surface area contributed by atoms with Gasteiger partial charge in [-0.05, 0) is 41.8 Å². The van der Waals surface area contributed by atoms with Crippen molar-refractivity contribution in [2.24, 2.45) is 0 Å². The molecule has 0 saturated heterocycles. The topological polar surface area (TPSA) is 59.6 Å². The summed E-state index contributed by atoms with van der Waals surface area (Å²) in [5.74, 6) is -0.738. The van der Waals surface area contributed by atoms with Gasteiger partial charge in [0.25, 0.3) is 5.91 Å². The summed E-state index contributed by atoms with van der Waals surface area (Å²) in [4.78, 5) is 13.8. The standard InChI is InChI=1S/C23H22F2N2O3S/c1-12(2)20-10-16-22(28)26-21(27-23(16)31-20)13-4-6-18(29-3)14(8-13)11-30-19-7-5-15(24)9-17(19)25/h4-10,12,21,27H,11H2,1-3H3,(H,26,28)/t21-/m1/s1. The molecule has 0 bridgehead atoms. The van der Waals surface area contributed by atoms with Gasteiger partial charge < -0.3 is 20.1 Å². The van der Waals surface area contributed by atoms with Gasteiger partial charge in [-0.15, -0.1) is 11.3 Å². The van der Waals surface area contributed by atoms with Gasteiger partial charge in [0, 0.05) is 16.5 Å². The van der Waals surface area contributed by atoms with Crippen molar-refractivity contribution in [3.63, 3.8) is 0 Å². The number of amides is 1. The molecule has 0 unspecified atom stereocenters. The second kappa shape index (κ2) is 8.55. The molecular weight excluding hydrogens is 422 g/mol. The lowest BCUT2D eigenvalue weighted by atomic mass is 10.1. The second-order valence-corrected chi connectivity index (χ2v) is 8.62. The van der Waals surface area contributed by atoms with E-state index in [4.69, 9.17) is 9.47 Å². The number of fused-ring (bicyclic) bond motifs is 1. The molecule has 1 amide bonds. The number of ether oxygens (including phenoxy) is 2. The Balaban J connectivity index is 1.57. The number of carbonyl (C=O) groups is 1. The highest BCUT2D eigenvalue weighted by Gasteiger charge is 2.28. The molecule has 162 valence electrons. The normalized spacial score (nSPS) is 15.3. The average Bonchev–Trinajstić information content (AvgIpc) is 3.18. The predicted molar refractivity (Wildman–Crippen MR) is 116 cm³/mol. The zero-order valence-corrected chi connectivity index (χ0v) is 18.1. The molecule has 1 aliphatic heterocycles. The molecule has 0 fully saturated rings. The summed E-state index contributed by atoms with van der Waals surface area (Å²) in [6.45, 7) is 4.20. The molecule has 1 aromatic heterocycles. The van der Waals surface area contributed by atoms with Crippen molar-refractivity contribution >= 4 is 22.2 Å². The Hall–Kier alpha value is -3.13. The van der Waals surface area contributed by atoms with E-state index in [0.29, 0.717) is 22.8 Å². The summed E-state index contributed by atoms with van der Waals surface area (Å²) >= 11 is 1.57. The number of rotatable bonds is 6. The van der Waals surface area contributed by atoms with Crippen molar-refractivity contribution in [1.82, 2.24) is 5.32 Å². The van der Waals surface area contributed by atoms with Crippen molar-refractivity contribution in [3.8, 4) is 11.5 Å². The molecule has 2 N–H and O–H groups in total. The largest absolute Gasteiger partial charge is 0.496 e. The smallest absolute Gasteiger partial charge is 0.256 e. The number of benzene rings is 2. The zero-order valence-electron chi connectivity index (χ0n) is 17.3. The average molecular weight is 445 g/mol. The number of nitrogens with one attached hydrogen (secondary N) is 2. The van der Waals surface area contributed by atoms with Crippen LogP contribution in [0.25, 0.3) is 0 Å². The van der Waals surface area contributed by atoms with Gasteiger partial charge in [0.1, 0.15) is 29.3 Å². The third kappa shape index (κ3) is 4.34. The van der Waals surface area contributed by atoms with Crippen LogP contribution in [0.4, 0.5) is 13.8 Å². The highest BCUT2D eigenvalue weighted by atomic mass is 32.1. The van der Waals surface area contributed by atoms with E-state index in [1.165, 1.54) is 13.2 Å². The fourth-order valence-corrected chi connectivity index (χ4v) is 4.44. The molecule has 2 aromatic carbocycles. The number of anilines is 1. The van der Waals surface area contributed by atoms with Crippen LogP contribution in [-0.2, 0) is 6.61 Å². The first-order valence-electron chi connectivity index (χ1n) is 9.81. The van der Waals surface area contributed by atoms with E-state index in [1.807, 2.05) is 18.2 Å². The Morgan fingerprint density at radius 1 is 1.06 bits per heavy atom. The Bertz CT molecular complexity index is 1130. The van der Waals surface area contributed by atoms with Crippen molar-refractivity contribution in [1.29, 1.82) is 0 Å². The molecule has 3 aromatic rings. The summed E-state index contributed by atoms with van der Waals surface area (Å²) in [6.07, 6.45) is -0.425. The van der Waals surface area contributed by atoms with Gasteiger partial charge in [-0.1, -0.05) is 19.9 Å². The molecule has 0 spiro atoms. The fraction of sp³-hybridized carbons (Fsp3) is 0.261. The minimum atomic E-state index is -0.775. The highest BCUT2D eigenvalue weighted by Crippen LogP contribution is 2.38. The molecule has 4 rings (SSSR count). The Morgan fingerprint density at radius 3 is 2.55 bits per heavy atom. The first-order valence-corrected chi connectivity index (χ1v) is 10.6. The van der Waals surface area contributed by atoms with Gasteiger partial charge >= 0.3 is 0 Å². The van der Waals surface area contributed by atoms with E-state index in [9.17, 15) is 13.6 Å². The van der Waals surface area contributed by atoms with Crippen LogP contribution in [0.1, 0.15) is 52.3 Å². The van der Waals surface area contributed by atoms with Crippen molar-refractivity contribution < 1.29 is 23.0 Å². The summed E-state index contributed by atoms with van der Waals surface area (Å²) in [7, 11) is 1.53. The van der Waals surface area contributed by atoms with E-state index in [0.717, 1.165) is 27.6 Å². The van der Waals surface area contributed by atoms with Crippen LogP contribution >= 0.6 is 11.3 Å². The van der Waals surface area contributed by atoms with E-state index in [2.05, 4.69) is 24.5 Å². The van der Waals surface area contributed by atoms with Crippen LogP contribution in [0.5, 0.6) is 11.5 Å². The maximum absolute atomic E-state index is 13.9. The molecule has 5 nitrogen and oxygen atoms in total. The minimum absolute atomic E-state index is 0.0159. The van der Waals surface area contributed by atoms with E-state index >= 15 is 0 Å². The molecule has 1 aliphatic rings. The van der Waals surface area contributed by atoms with Crippen LogP contribution in [0.2, 0.25) is 0 Å². The number of thiophene rings is 1. The van der Waals surface area contributed by atoms with Gasteiger partial charge in [-0.2, -0.15) is 0 Å². The van der Waals surface area contributed by atoms with E-state index < -0.39 is 17.8 Å². The van der Waals surface area contributed by atoms with Gasteiger partial charge in [0.05, 0.1) is 12.7 Å². The molecule has 0 aliphatic carbocycles. The summed E-state index contributed by atoms with van der Waals surface area (Å²) in [5, 5.41) is 7.18. The highest BCUT2D eigenvalue weighted by molar-refractivity contribution is 7.16. The van der Waals surface area contributed by atoms with Gasteiger partial charge in [-0.3, -0.25) is 4.79 Å². The Kier molecular flexibility index (Phi) is 5.82. The van der Waals surface area contributed by atoms with Crippen molar-refractivity contribution in [2.75, 3.05) is 12.4 Å². The first-order chi connectivity index (χ1) is 14.9. The van der Waals surface area contributed by atoms with E-state index in [1.54, 1.807) is 17.4 Å². The summed E-state index contributed by atoms with van der Waals surface area (Å²) < 4.78 is 37.9. The zero-order chi connectivity index (χ0) is 22.1. The molecular formula is C23H22F2N2O3S. The maximum atomic E-state index is 13.9. The number of halogens is 2. The lowest BCUT2D eigenvalue weighted by molar-refractivity contribution is 0.0936. The number of hydrogen-bond acceptors (Lipinski definition) is 5. The first kappa shape index (κ1) is 21.1. The van der Waals surface area contributed by atoms with Gasteiger partial charge in [0.2, 0.25) is 0 Å². The van der Waals surface area contributed by atoms with Crippen LogP contribution in [0.3, 0.4) is 0 Å². The SMILES string of the molecule is COc1ccc([C@@H]2NC(=O)c3cc(C(C)C)sc3N2)cc1COc1ccc(F)cc1F. The lowest BCUT2D eigenvalue weighted by Gasteiger charge is -2.26. The lowest BCUT2D eigenvalue weighted by Crippen LogP contribution is -2.37. The second-order valence-electron chi connectivity index (χ2n) is 7.53. The van der Waals surface area contributed by atoms with Gasteiger partial charge in [-0.25, -0.2) is 8.78 Å². The monoisotopic (exact) mass is 444 g/mol. The minimum Gasteiger partial charge on any atom is -0.496 e. The van der Waals surface area contributed by atoms with Gasteiger partial charge in [0.15, 0.2) is 11.6 Å². The summed E-state index contributed by atoms with van der Waals surface area (Å²) in [5.41, 5.74) is 2.12. The number of carbonyl (C=O) groups excluding carboxylic acids is 1. The fourth-order valence-electron chi connectivity index (χ4n) is 3.35. The van der Waals surface area contributed by atoms with Crippen LogP contribution in [0, 0.1) is 11.6 Å². The summed E-state index contributed by atoms with van der Waals surface area (Å²) in [6, 6.07) is 10.5. The third-order valence-electron chi connectivity index (χ3n) is 5.03. The molecule has 31 heavy (non-hydrogen) atoms. The van der Waals surface area contributed by atoms with E-state index in [-0.39, 0.29) is 18.3 Å². The number of hydrogen-bond donors (Lipinski definition) is 2. The van der Waals surface area contributed by atoms with Crippen LogP contribution in [0.15, 0.2) is 42.5 Å². The molecule has 1 atom stereocenters. The number of methoxy groups -OCH3 is 1. The van der Waals surface area contributed by atoms with Crippen molar-refractivity contribution in [3.05, 3.63) is 75.7 Å².